The average molecular weight is 337 g/mol. The fourth-order valence-corrected chi connectivity index (χ4v) is 2.47. The Morgan fingerprint density at radius 3 is 2.40 bits per heavy atom. The number of benzene rings is 2. The molecule has 0 atom stereocenters. The van der Waals surface area contributed by atoms with Crippen molar-refractivity contribution in [2.45, 2.75) is 6.92 Å². The number of nitrogens with one attached hydrogen (secondary N) is 1. The summed E-state index contributed by atoms with van der Waals surface area (Å²) in [5, 5.41) is 7.24. The van der Waals surface area contributed by atoms with Crippen molar-refractivity contribution < 1.29 is 14.3 Å². The molecule has 0 aliphatic heterocycles. The predicted molar refractivity (Wildman–Crippen MR) is 95.8 cm³/mol. The van der Waals surface area contributed by atoms with Crippen LogP contribution in [0, 0.1) is 6.92 Å². The van der Waals surface area contributed by atoms with Crippen LogP contribution in [0.15, 0.2) is 54.6 Å². The van der Waals surface area contributed by atoms with Gasteiger partial charge in [0, 0.05) is 17.4 Å². The summed E-state index contributed by atoms with van der Waals surface area (Å²) in [4.78, 5) is 12.5. The lowest BCUT2D eigenvalue weighted by Crippen LogP contribution is -2.13. The maximum Gasteiger partial charge on any atom is 0.276 e. The van der Waals surface area contributed by atoms with Gasteiger partial charge in [-0.2, -0.15) is 5.10 Å². The molecule has 1 N–H and O–H groups in total. The first-order chi connectivity index (χ1) is 12.1. The summed E-state index contributed by atoms with van der Waals surface area (Å²) in [7, 11) is 3.20. The van der Waals surface area contributed by atoms with E-state index in [1.807, 2.05) is 43.3 Å². The van der Waals surface area contributed by atoms with Gasteiger partial charge in [-0.05, 0) is 49.4 Å². The van der Waals surface area contributed by atoms with Crippen molar-refractivity contribution in [2.24, 2.45) is 0 Å². The van der Waals surface area contributed by atoms with E-state index in [9.17, 15) is 4.79 Å². The van der Waals surface area contributed by atoms with E-state index < -0.39 is 0 Å². The van der Waals surface area contributed by atoms with Gasteiger partial charge in [0.25, 0.3) is 5.91 Å². The van der Waals surface area contributed by atoms with Crippen LogP contribution >= 0.6 is 0 Å². The van der Waals surface area contributed by atoms with Crippen LogP contribution in [0.25, 0.3) is 5.69 Å². The van der Waals surface area contributed by atoms with Gasteiger partial charge in [-0.3, -0.25) is 4.79 Å². The lowest BCUT2D eigenvalue weighted by atomic mass is 10.3. The van der Waals surface area contributed by atoms with Gasteiger partial charge in [0.1, 0.15) is 11.5 Å². The number of hydrogen-bond acceptors (Lipinski definition) is 4. The number of ether oxygens (including phenoxy) is 2. The summed E-state index contributed by atoms with van der Waals surface area (Å²) in [5.41, 5.74) is 2.72. The largest absolute Gasteiger partial charge is 0.497 e. The molecule has 0 saturated heterocycles. The van der Waals surface area contributed by atoms with E-state index in [2.05, 4.69) is 10.4 Å². The molecule has 1 amide bonds. The van der Waals surface area contributed by atoms with E-state index in [0.717, 1.165) is 17.1 Å². The third kappa shape index (κ3) is 3.63. The first-order valence-electron chi connectivity index (χ1n) is 7.77. The molecule has 0 aliphatic rings. The molecule has 0 aliphatic carbocycles. The fraction of sp³-hybridized carbons (Fsp3) is 0.158. The van der Waals surface area contributed by atoms with Crippen molar-refractivity contribution in [3.05, 3.63) is 66.0 Å². The molecule has 6 nitrogen and oxygen atoms in total. The highest BCUT2D eigenvalue weighted by molar-refractivity contribution is 6.03. The van der Waals surface area contributed by atoms with Crippen LogP contribution in [-0.4, -0.2) is 29.9 Å². The molecule has 3 aromatic rings. The molecular weight excluding hydrogens is 318 g/mol. The molecule has 0 fully saturated rings. The smallest absolute Gasteiger partial charge is 0.276 e. The maximum absolute atomic E-state index is 12.5. The standard InChI is InChI=1S/C19H19N3O3/c1-13-11-18(19(23)20-14-5-4-6-17(12-14)25-3)21-22(13)15-7-9-16(24-2)10-8-15/h4-12H,1-3H3,(H,20,23). The van der Waals surface area contributed by atoms with Gasteiger partial charge in [-0.1, -0.05) is 6.07 Å². The average Bonchev–Trinajstić information content (AvgIpc) is 3.04. The number of anilines is 1. The summed E-state index contributed by atoms with van der Waals surface area (Å²) < 4.78 is 12.0. The predicted octanol–water partition coefficient (Wildman–Crippen LogP) is 3.45. The minimum absolute atomic E-state index is 0.274. The third-order valence-electron chi connectivity index (χ3n) is 3.76. The number of hydrogen-bond donors (Lipinski definition) is 1. The quantitative estimate of drug-likeness (QED) is 0.774. The van der Waals surface area contributed by atoms with Crippen molar-refractivity contribution in [1.29, 1.82) is 0 Å². The normalized spacial score (nSPS) is 10.4. The minimum atomic E-state index is -0.274. The molecule has 0 spiro atoms. The summed E-state index contributed by atoms with van der Waals surface area (Å²) >= 11 is 0. The molecular formula is C19H19N3O3. The topological polar surface area (TPSA) is 65.4 Å². The van der Waals surface area contributed by atoms with Crippen LogP contribution in [0.3, 0.4) is 0 Å². The van der Waals surface area contributed by atoms with Gasteiger partial charge in [-0.25, -0.2) is 4.68 Å². The molecule has 0 saturated carbocycles. The van der Waals surface area contributed by atoms with Crippen LogP contribution < -0.4 is 14.8 Å². The Kier molecular flexibility index (Phi) is 4.70. The van der Waals surface area contributed by atoms with Crippen LogP contribution in [0.5, 0.6) is 11.5 Å². The molecule has 0 radical (unpaired) electrons. The second-order valence-corrected chi connectivity index (χ2v) is 5.47. The Morgan fingerprint density at radius 2 is 1.72 bits per heavy atom. The highest BCUT2D eigenvalue weighted by atomic mass is 16.5. The first kappa shape index (κ1) is 16.6. The molecule has 2 aromatic carbocycles. The van der Waals surface area contributed by atoms with Gasteiger partial charge < -0.3 is 14.8 Å². The second-order valence-electron chi connectivity index (χ2n) is 5.47. The number of nitrogens with zero attached hydrogens (tertiary/aromatic N) is 2. The monoisotopic (exact) mass is 337 g/mol. The van der Waals surface area contributed by atoms with Gasteiger partial charge in [0.05, 0.1) is 19.9 Å². The van der Waals surface area contributed by atoms with Gasteiger partial charge >= 0.3 is 0 Å². The maximum atomic E-state index is 12.5. The molecule has 128 valence electrons. The zero-order valence-corrected chi connectivity index (χ0v) is 14.3. The highest BCUT2D eigenvalue weighted by Crippen LogP contribution is 2.19. The Hall–Kier alpha value is -3.28. The van der Waals surface area contributed by atoms with Crippen molar-refractivity contribution in [3.8, 4) is 17.2 Å². The number of carbonyl (C=O) groups excluding carboxylic acids is 1. The number of methoxy groups -OCH3 is 2. The Labute approximate surface area is 146 Å². The number of amides is 1. The molecule has 25 heavy (non-hydrogen) atoms. The summed E-state index contributed by atoms with van der Waals surface area (Å²) in [6.45, 7) is 1.90. The van der Waals surface area contributed by atoms with Crippen molar-refractivity contribution in [1.82, 2.24) is 9.78 Å². The van der Waals surface area contributed by atoms with E-state index in [-0.39, 0.29) is 5.91 Å². The molecule has 1 aromatic heterocycles. The van der Waals surface area contributed by atoms with E-state index in [0.29, 0.717) is 17.1 Å². The lowest BCUT2D eigenvalue weighted by molar-refractivity contribution is 0.102. The van der Waals surface area contributed by atoms with E-state index in [4.69, 9.17) is 9.47 Å². The zero-order valence-electron chi connectivity index (χ0n) is 14.3. The van der Waals surface area contributed by atoms with Crippen LogP contribution in [-0.2, 0) is 0 Å². The van der Waals surface area contributed by atoms with Crippen molar-refractivity contribution in [2.75, 3.05) is 19.5 Å². The molecule has 0 unspecified atom stereocenters. The van der Waals surface area contributed by atoms with Crippen molar-refractivity contribution in [3.63, 3.8) is 0 Å². The Morgan fingerprint density at radius 1 is 1.00 bits per heavy atom. The molecule has 3 rings (SSSR count). The zero-order chi connectivity index (χ0) is 17.8. The highest BCUT2D eigenvalue weighted by Gasteiger charge is 2.14. The molecule has 6 heteroatoms. The fourth-order valence-electron chi connectivity index (χ4n) is 2.47. The van der Waals surface area contributed by atoms with Crippen LogP contribution in [0.2, 0.25) is 0 Å². The van der Waals surface area contributed by atoms with Gasteiger partial charge in [-0.15, -0.1) is 0 Å². The Balaban J connectivity index is 1.81. The summed E-state index contributed by atoms with van der Waals surface area (Å²) in [5.74, 6) is 1.17. The number of aryl methyl sites for hydroxylation is 1. The van der Waals surface area contributed by atoms with Gasteiger partial charge in [0.2, 0.25) is 0 Å². The summed E-state index contributed by atoms with van der Waals surface area (Å²) in [6, 6.07) is 16.4. The molecule has 1 heterocycles. The van der Waals surface area contributed by atoms with Crippen LogP contribution in [0.1, 0.15) is 16.2 Å². The van der Waals surface area contributed by atoms with E-state index in [1.54, 1.807) is 37.1 Å². The third-order valence-corrected chi connectivity index (χ3v) is 3.76. The lowest BCUT2D eigenvalue weighted by Gasteiger charge is -2.06. The number of carbonyl (C=O) groups is 1. The molecule has 0 bridgehead atoms. The Bertz CT molecular complexity index is 885. The number of rotatable bonds is 5. The summed E-state index contributed by atoms with van der Waals surface area (Å²) in [6.07, 6.45) is 0. The van der Waals surface area contributed by atoms with Gasteiger partial charge in [0.15, 0.2) is 5.69 Å². The van der Waals surface area contributed by atoms with Crippen LogP contribution in [0.4, 0.5) is 5.69 Å². The minimum Gasteiger partial charge on any atom is -0.497 e. The number of aromatic nitrogens is 2. The first-order valence-corrected chi connectivity index (χ1v) is 7.77. The second kappa shape index (κ2) is 7.09. The SMILES string of the molecule is COc1ccc(-n2nc(C(=O)Nc3cccc(OC)c3)cc2C)cc1. The van der Waals surface area contributed by atoms with Crippen molar-refractivity contribution >= 4 is 11.6 Å². The van der Waals surface area contributed by atoms with E-state index in [1.165, 1.54) is 0 Å². The van der Waals surface area contributed by atoms with E-state index >= 15 is 0 Å².